The highest BCUT2D eigenvalue weighted by molar-refractivity contribution is 9.10. The Kier molecular flexibility index (Phi) is 5.11. The number of fused-ring (bicyclic) bond motifs is 1. The average Bonchev–Trinajstić information content (AvgIpc) is 2.85. The van der Waals surface area contributed by atoms with Gasteiger partial charge in [-0.2, -0.15) is 0 Å². The maximum Gasteiger partial charge on any atom is 0.226 e. The zero-order valence-corrected chi connectivity index (χ0v) is 15.8. The summed E-state index contributed by atoms with van der Waals surface area (Å²) in [5.74, 6) is 0.756. The number of rotatable bonds is 5. The molecule has 0 aliphatic carbocycles. The van der Waals surface area contributed by atoms with Crippen molar-refractivity contribution in [2.75, 3.05) is 17.2 Å². The second kappa shape index (κ2) is 7.27. The maximum atomic E-state index is 12.0. The normalized spacial score (nSPS) is 10.8. The topological polar surface area (TPSA) is 66.9 Å². The minimum atomic E-state index is -0.0339. The van der Waals surface area contributed by atoms with E-state index in [1.807, 2.05) is 24.3 Å². The van der Waals surface area contributed by atoms with Crippen LogP contribution >= 0.6 is 27.3 Å². The SMILES string of the molecule is Cc1sc2ncnc(NCCC(=O)Nc3ccc(Br)cc3)c2c1C. The van der Waals surface area contributed by atoms with Gasteiger partial charge in [0, 0.05) is 28.0 Å². The van der Waals surface area contributed by atoms with E-state index < -0.39 is 0 Å². The molecule has 0 bridgehead atoms. The minimum Gasteiger partial charge on any atom is -0.369 e. The first-order chi connectivity index (χ1) is 11.5. The minimum absolute atomic E-state index is 0.0339. The van der Waals surface area contributed by atoms with Crippen LogP contribution in [-0.2, 0) is 4.79 Å². The number of aromatic nitrogens is 2. The van der Waals surface area contributed by atoms with E-state index in [9.17, 15) is 4.79 Å². The molecule has 5 nitrogen and oxygen atoms in total. The highest BCUT2D eigenvalue weighted by atomic mass is 79.9. The van der Waals surface area contributed by atoms with E-state index in [2.05, 4.69) is 50.4 Å². The molecular weight excluding hydrogens is 388 g/mol. The lowest BCUT2D eigenvalue weighted by Gasteiger charge is -2.08. The lowest BCUT2D eigenvalue weighted by molar-refractivity contribution is -0.115. The molecule has 2 heterocycles. The lowest BCUT2D eigenvalue weighted by Crippen LogP contribution is -2.16. The number of amides is 1. The molecule has 2 N–H and O–H groups in total. The van der Waals surface area contributed by atoms with Crippen LogP contribution in [0.25, 0.3) is 10.2 Å². The summed E-state index contributed by atoms with van der Waals surface area (Å²) < 4.78 is 0.983. The van der Waals surface area contributed by atoms with E-state index in [4.69, 9.17) is 0 Å². The monoisotopic (exact) mass is 404 g/mol. The molecule has 0 unspecified atom stereocenters. The van der Waals surface area contributed by atoms with Gasteiger partial charge in [-0.05, 0) is 43.7 Å². The Morgan fingerprint density at radius 2 is 1.96 bits per heavy atom. The van der Waals surface area contributed by atoms with Crippen molar-refractivity contribution >= 4 is 54.9 Å². The first kappa shape index (κ1) is 16.9. The van der Waals surface area contributed by atoms with Crippen molar-refractivity contribution in [2.24, 2.45) is 0 Å². The van der Waals surface area contributed by atoms with E-state index in [-0.39, 0.29) is 5.91 Å². The van der Waals surface area contributed by atoms with Crippen LogP contribution in [0.15, 0.2) is 35.1 Å². The van der Waals surface area contributed by atoms with Gasteiger partial charge in [-0.1, -0.05) is 15.9 Å². The molecule has 1 amide bonds. The second-order valence-electron chi connectivity index (χ2n) is 5.42. The fourth-order valence-corrected chi connectivity index (χ4v) is 3.63. The quantitative estimate of drug-likeness (QED) is 0.656. The van der Waals surface area contributed by atoms with Gasteiger partial charge < -0.3 is 10.6 Å². The number of benzene rings is 1. The van der Waals surface area contributed by atoms with Gasteiger partial charge in [0.2, 0.25) is 5.91 Å². The van der Waals surface area contributed by atoms with Gasteiger partial charge in [-0.3, -0.25) is 4.79 Å². The molecular formula is C17H17BrN4OS. The number of anilines is 2. The Bertz CT molecular complexity index is 876. The third kappa shape index (κ3) is 3.73. The Morgan fingerprint density at radius 3 is 2.71 bits per heavy atom. The zero-order chi connectivity index (χ0) is 17.1. The molecule has 2 aromatic heterocycles. The van der Waals surface area contributed by atoms with E-state index in [0.29, 0.717) is 13.0 Å². The zero-order valence-electron chi connectivity index (χ0n) is 13.4. The van der Waals surface area contributed by atoms with Crippen molar-refractivity contribution in [3.05, 3.63) is 45.5 Å². The molecule has 0 aliphatic heterocycles. The van der Waals surface area contributed by atoms with Crippen molar-refractivity contribution in [1.82, 2.24) is 9.97 Å². The lowest BCUT2D eigenvalue weighted by atomic mass is 10.2. The molecule has 24 heavy (non-hydrogen) atoms. The van der Waals surface area contributed by atoms with E-state index in [0.717, 1.165) is 26.2 Å². The molecule has 0 saturated heterocycles. The highest BCUT2D eigenvalue weighted by Crippen LogP contribution is 2.32. The number of hydrogen-bond donors (Lipinski definition) is 2. The molecule has 3 aromatic rings. The molecule has 1 aromatic carbocycles. The summed E-state index contributed by atoms with van der Waals surface area (Å²) in [5, 5.41) is 7.18. The predicted molar refractivity (Wildman–Crippen MR) is 103 cm³/mol. The predicted octanol–water partition coefficient (Wildman–Crippen LogP) is 4.51. The standard InChI is InChI=1S/C17H17BrN4OS/c1-10-11(2)24-17-15(10)16(20-9-21-17)19-8-7-14(23)22-13-5-3-12(18)4-6-13/h3-6,9H,7-8H2,1-2H3,(H,22,23)(H,19,20,21). The van der Waals surface area contributed by atoms with Crippen LogP contribution in [0.4, 0.5) is 11.5 Å². The first-order valence-corrected chi connectivity index (χ1v) is 9.15. The largest absolute Gasteiger partial charge is 0.369 e. The third-order valence-electron chi connectivity index (χ3n) is 3.74. The van der Waals surface area contributed by atoms with Crippen LogP contribution in [0.1, 0.15) is 16.9 Å². The molecule has 0 aliphatic rings. The van der Waals surface area contributed by atoms with Crippen LogP contribution in [-0.4, -0.2) is 22.4 Å². The molecule has 0 atom stereocenters. The summed E-state index contributed by atoms with van der Waals surface area (Å²) in [6.07, 6.45) is 1.92. The smallest absolute Gasteiger partial charge is 0.226 e. The van der Waals surface area contributed by atoms with Crippen molar-refractivity contribution in [2.45, 2.75) is 20.3 Å². The van der Waals surface area contributed by atoms with E-state index in [1.165, 1.54) is 10.4 Å². The molecule has 124 valence electrons. The van der Waals surface area contributed by atoms with Crippen LogP contribution in [0.3, 0.4) is 0 Å². The number of carbonyl (C=O) groups excluding carboxylic acids is 1. The van der Waals surface area contributed by atoms with Crippen molar-refractivity contribution < 1.29 is 4.79 Å². The third-order valence-corrected chi connectivity index (χ3v) is 5.38. The van der Waals surface area contributed by atoms with E-state index >= 15 is 0 Å². The summed E-state index contributed by atoms with van der Waals surface area (Å²) in [6.45, 7) is 4.67. The maximum absolute atomic E-state index is 12.0. The van der Waals surface area contributed by atoms with Gasteiger partial charge >= 0.3 is 0 Å². The summed E-state index contributed by atoms with van der Waals surface area (Å²) in [6, 6.07) is 7.52. The van der Waals surface area contributed by atoms with Crippen molar-refractivity contribution in [1.29, 1.82) is 0 Å². The summed E-state index contributed by atoms with van der Waals surface area (Å²) in [5.41, 5.74) is 1.98. The van der Waals surface area contributed by atoms with Gasteiger partial charge in [0.1, 0.15) is 17.0 Å². The molecule has 0 fully saturated rings. The van der Waals surface area contributed by atoms with E-state index in [1.54, 1.807) is 17.7 Å². The number of thiophene rings is 1. The van der Waals surface area contributed by atoms with Crippen LogP contribution in [0.2, 0.25) is 0 Å². The Balaban J connectivity index is 1.60. The average molecular weight is 405 g/mol. The van der Waals surface area contributed by atoms with Crippen LogP contribution < -0.4 is 10.6 Å². The molecule has 7 heteroatoms. The summed E-state index contributed by atoms with van der Waals surface area (Å²) in [7, 11) is 0. The van der Waals surface area contributed by atoms with Crippen LogP contribution in [0, 0.1) is 13.8 Å². The Hall–Kier alpha value is -1.99. The van der Waals surface area contributed by atoms with Gasteiger partial charge in [0.25, 0.3) is 0 Å². The highest BCUT2D eigenvalue weighted by Gasteiger charge is 2.12. The number of hydrogen-bond acceptors (Lipinski definition) is 5. The second-order valence-corrected chi connectivity index (χ2v) is 7.54. The van der Waals surface area contributed by atoms with Gasteiger partial charge in [0.05, 0.1) is 5.39 Å². The molecule has 3 rings (SSSR count). The summed E-state index contributed by atoms with van der Waals surface area (Å²) in [4.78, 5) is 22.9. The number of halogens is 1. The summed E-state index contributed by atoms with van der Waals surface area (Å²) >= 11 is 5.03. The first-order valence-electron chi connectivity index (χ1n) is 7.54. The Morgan fingerprint density at radius 1 is 1.21 bits per heavy atom. The number of nitrogens with one attached hydrogen (secondary N) is 2. The molecule has 0 spiro atoms. The molecule has 0 saturated carbocycles. The van der Waals surface area contributed by atoms with Gasteiger partial charge in [-0.15, -0.1) is 11.3 Å². The number of nitrogens with zero attached hydrogens (tertiary/aromatic N) is 2. The van der Waals surface area contributed by atoms with Gasteiger partial charge in [0.15, 0.2) is 0 Å². The molecule has 0 radical (unpaired) electrons. The van der Waals surface area contributed by atoms with Gasteiger partial charge in [-0.25, -0.2) is 9.97 Å². The van der Waals surface area contributed by atoms with Crippen molar-refractivity contribution in [3.8, 4) is 0 Å². The fourth-order valence-electron chi connectivity index (χ4n) is 2.37. The number of carbonyl (C=O) groups is 1. The Labute approximate surface area is 152 Å². The van der Waals surface area contributed by atoms with Crippen molar-refractivity contribution in [3.63, 3.8) is 0 Å². The number of aryl methyl sites for hydroxylation is 2. The fraction of sp³-hybridized carbons (Fsp3) is 0.235. The van der Waals surface area contributed by atoms with Crippen LogP contribution in [0.5, 0.6) is 0 Å².